The van der Waals surface area contributed by atoms with Crippen molar-refractivity contribution >= 4 is 26.9 Å². The van der Waals surface area contributed by atoms with Crippen LogP contribution in [0.5, 0.6) is 0 Å². The molecule has 6 nitrogen and oxygen atoms in total. The van der Waals surface area contributed by atoms with Gasteiger partial charge in [-0.3, -0.25) is 9.35 Å². The molecule has 1 aliphatic rings. The Morgan fingerprint density at radius 3 is 2.68 bits per heavy atom. The van der Waals surface area contributed by atoms with Crippen molar-refractivity contribution in [2.24, 2.45) is 0 Å². The second-order valence-electron chi connectivity index (χ2n) is 5.56. The number of nitrogens with zero attached hydrogens (tertiary/aromatic N) is 2. The van der Waals surface area contributed by atoms with Crippen LogP contribution in [0.25, 0.3) is 10.9 Å². The predicted octanol–water partition coefficient (Wildman–Crippen LogP) is 1.93. The minimum atomic E-state index is -4.26. The van der Waals surface area contributed by atoms with Crippen LogP contribution in [0.3, 0.4) is 0 Å². The second-order valence-corrected chi connectivity index (χ2v) is 6.98. The molecule has 2 heterocycles. The molecule has 3 rings (SSSR count). The molecule has 0 bridgehead atoms. The van der Waals surface area contributed by atoms with Crippen LogP contribution in [-0.2, 0) is 23.1 Å². The van der Waals surface area contributed by atoms with Crippen molar-refractivity contribution in [2.45, 2.75) is 31.2 Å². The van der Waals surface area contributed by atoms with Crippen LogP contribution < -0.4 is 0 Å². The highest BCUT2D eigenvalue weighted by Crippen LogP contribution is 2.32. The molecular weight excluding hydrogens is 304 g/mol. The van der Waals surface area contributed by atoms with Crippen LogP contribution in [0.15, 0.2) is 23.1 Å². The summed E-state index contributed by atoms with van der Waals surface area (Å²) >= 11 is 0. The van der Waals surface area contributed by atoms with Crippen molar-refractivity contribution in [2.75, 3.05) is 13.6 Å². The van der Waals surface area contributed by atoms with Gasteiger partial charge in [-0.25, -0.2) is 0 Å². The highest BCUT2D eigenvalue weighted by molar-refractivity contribution is 7.85. The van der Waals surface area contributed by atoms with E-state index in [1.807, 2.05) is 11.5 Å². The molecule has 0 fully saturated rings. The fraction of sp³-hybridized carbons (Fsp3) is 0.400. The summed E-state index contributed by atoms with van der Waals surface area (Å²) in [6.07, 6.45) is 1.54. The third kappa shape index (κ3) is 2.21. The Hall–Kier alpha value is -1.86. The first-order valence-corrected chi connectivity index (χ1v) is 8.66. The van der Waals surface area contributed by atoms with Gasteiger partial charge in [-0.2, -0.15) is 8.42 Å². The highest BCUT2D eigenvalue weighted by Gasteiger charge is 2.27. The van der Waals surface area contributed by atoms with Gasteiger partial charge in [0.25, 0.3) is 16.0 Å². The molecule has 1 aromatic carbocycles. The van der Waals surface area contributed by atoms with Crippen molar-refractivity contribution in [1.29, 1.82) is 0 Å². The average molecular weight is 322 g/mol. The van der Waals surface area contributed by atoms with E-state index in [1.165, 1.54) is 12.1 Å². The van der Waals surface area contributed by atoms with Crippen LogP contribution in [0.2, 0.25) is 0 Å². The molecule has 1 N–H and O–H groups in total. The molecule has 0 radical (unpaired) electrons. The molecular formula is C15H18N2O4S. The zero-order valence-corrected chi connectivity index (χ0v) is 13.4. The zero-order chi connectivity index (χ0) is 16.1. The first-order valence-electron chi connectivity index (χ1n) is 7.22. The number of carbonyl (C=O) groups is 1. The SMILES string of the molecule is CCn1c2c(c3cc(S(=O)(=O)O)ccc31)CCCN(C)C2=O. The summed E-state index contributed by atoms with van der Waals surface area (Å²) < 4.78 is 33.9. The molecule has 2 aromatic rings. The molecule has 22 heavy (non-hydrogen) atoms. The molecule has 0 atom stereocenters. The van der Waals surface area contributed by atoms with Crippen molar-refractivity contribution in [3.05, 3.63) is 29.5 Å². The average Bonchev–Trinajstić information content (AvgIpc) is 2.70. The first-order chi connectivity index (χ1) is 10.3. The van der Waals surface area contributed by atoms with Gasteiger partial charge in [0.05, 0.1) is 4.90 Å². The molecule has 0 spiro atoms. The zero-order valence-electron chi connectivity index (χ0n) is 12.5. The van der Waals surface area contributed by atoms with Gasteiger partial charge in [-0.15, -0.1) is 0 Å². The summed E-state index contributed by atoms with van der Waals surface area (Å²) in [7, 11) is -2.48. The maximum absolute atomic E-state index is 12.6. The number of carbonyl (C=O) groups excluding carboxylic acids is 1. The molecule has 0 saturated heterocycles. The Kier molecular flexibility index (Phi) is 3.49. The lowest BCUT2D eigenvalue weighted by Crippen LogP contribution is -2.28. The minimum Gasteiger partial charge on any atom is -0.340 e. The number of fused-ring (bicyclic) bond motifs is 3. The summed E-state index contributed by atoms with van der Waals surface area (Å²) in [5.41, 5.74) is 2.32. The van der Waals surface area contributed by atoms with Gasteiger partial charge < -0.3 is 9.47 Å². The Balaban J connectivity index is 2.37. The van der Waals surface area contributed by atoms with Gasteiger partial charge in [-0.1, -0.05) is 0 Å². The van der Waals surface area contributed by atoms with Crippen molar-refractivity contribution in [3.8, 4) is 0 Å². The summed E-state index contributed by atoms with van der Waals surface area (Å²) in [4.78, 5) is 14.2. The maximum atomic E-state index is 12.6. The van der Waals surface area contributed by atoms with E-state index in [-0.39, 0.29) is 10.8 Å². The molecule has 7 heteroatoms. The number of amides is 1. The molecule has 1 aliphatic heterocycles. The topological polar surface area (TPSA) is 79.6 Å². The van der Waals surface area contributed by atoms with E-state index in [4.69, 9.17) is 0 Å². The maximum Gasteiger partial charge on any atom is 0.294 e. The number of benzene rings is 1. The summed E-state index contributed by atoms with van der Waals surface area (Å²) in [5.74, 6) is -0.0426. The molecule has 1 amide bonds. The quantitative estimate of drug-likeness (QED) is 0.857. The lowest BCUT2D eigenvalue weighted by atomic mass is 10.1. The van der Waals surface area contributed by atoms with Crippen LogP contribution in [-0.4, -0.2) is 41.9 Å². The van der Waals surface area contributed by atoms with Gasteiger partial charge in [0, 0.05) is 31.0 Å². The van der Waals surface area contributed by atoms with E-state index < -0.39 is 10.1 Å². The van der Waals surface area contributed by atoms with E-state index in [2.05, 4.69) is 0 Å². The van der Waals surface area contributed by atoms with Crippen LogP contribution in [0.4, 0.5) is 0 Å². The van der Waals surface area contributed by atoms with Gasteiger partial charge in [0.2, 0.25) is 0 Å². The van der Waals surface area contributed by atoms with Crippen LogP contribution in [0.1, 0.15) is 29.4 Å². The van der Waals surface area contributed by atoms with Gasteiger partial charge in [0.1, 0.15) is 5.69 Å². The van der Waals surface area contributed by atoms with Crippen LogP contribution >= 0.6 is 0 Å². The number of hydrogen-bond acceptors (Lipinski definition) is 3. The fourth-order valence-electron chi connectivity index (χ4n) is 3.17. The van der Waals surface area contributed by atoms with Crippen molar-refractivity contribution < 1.29 is 17.8 Å². The van der Waals surface area contributed by atoms with E-state index in [9.17, 15) is 17.8 Å². The summed E-state index contributed by atoms with van der Waals surface area (Å²) in [6, 6.07) is 4.50. The van der Waals surface area contributed by atoms with Crippen LogP contribution in [0, 0.1) is 0 Å². The normalized spacial score (nSPS) is 16.0. The lowest BCUT2D eigenvalue weighted by molar-refractivity contribution is 0.0790. The molecule has 1 aromatic heterocycles. The first kappa shape index (κ1) is 15.1. The van der Waals surface area contributed by atoms with E-state index in [0.29, 0.717) is 25.2 Å². The van der Waals surface area contributed by atoms with Gasteiger partial charge in [0.15, 0.2) is 0 Å². The third-order valence-corrected chi connectivity index (χ3v) is 5.07. The Bertz CT molecular complexity index is 867. The Labute approximate surface area is 129 Å². The molecule has 0 aliphatic carbocycles. The third-order valence-electron chi connectivity index (χ3n) is 4.22. The second kappa shape index (κ2) is 5.10. The van der Waals surface area contributed by atoms with Crippen molar-refractivity contribution in [1.82, 2.24) is 9.47 Å². The molecule has 118 valence electrons. The van der Waals surface area contributed by atoms with Gasteiger partial charge >= 0.3 is 0 Å². The lowest BCUT2D eigenvalue weighted by Gasteiger charge is -2.15. The molecule has 0 unspecified atom stereocenters. The van der Waals surface area contributed by atoms with Crippen molar-refractivity contribution in [3.63, 3.8) is 0 Å². The number of aromatic nitrogens is 1. The number of aryl methyl sites for hydroxylation is 2. The standard InChI is InChI=1S/C15H18N2O4S/c1-3-17-13-7-6-10(22(19,20)21)9-12(13)11-5-4-8-16(2)15(18)14(11)17/h6-7,9H,3-5,8H2,1-2H3,(H,19,20,21). The Morgan fingerprint density at radius 1 is 1.32 bits per heavy atom. The smallest absolute Gasteiger partial charge is 0.294 e. The predicted molar refractivity (Wildman–Crippen MR) is 82.7 cm³/mol. The highest BCUT2D eigenvalue weighted by atomic mass is 32.2. The summed E-state index contributed by atoms with van der Waals surface area (Å²) in [6.45, 7) is 3.25. The minimum absolute atomic E-state index is 0.0426. The van der Waals surface area contributed by atoms with Gasteiger partial charge in [-0.05, 0) is 43.5 Å². The number of rotatable bonds is 2. The number of hydrogen-bond donors (Lipinski definition) is 1. The van der Waals surface area contributed by atoms with E-state index in [0.717, 1.165) is 22.9 Å². The monoisotopic (exact) mass is 322 g/mol. The largest absolute Gasteiger partial charge is 0.340 e. The van der Waals surface area contributed by atoms with E-state index in [1.54, 1.807) is 18.0 Å². The summed E-state index contributed by atoms with van der Waals surface area (Å²) in [5, 5.41) is 0.732. The fourth-order valence-corrected chi connectivity index (χ4v) is 3.67. The Morgan fingerprint density at radius 2 is 2.05 bits per heavy atom. The van der Waals surface area contributed by atoms with E-state index >= 15 is 0 Å². The molecule has 0 saturated carbocycles.